The third kappa shape index (κ3) is 5.59. The van der Waals surface area contributed by atoms with Crippen molar-refractivity contribution in [2.24, 2.45) is 0 Å². The Morgan fingerprint density at radius 2 is 1.76 bits per heavy atom. The van der Waals surface area contributed by atoms with E-state index < -0.39 is 0 Å². The van der Waals surface area contributed by atoms with Crippen LogP contribution in [0.2, 0.25) is 0 Å². The van der Waals surface area contributed by atoms with E-state index in [9.17, 15) is 4.79 Å². The molecule has 0 aromatic heterocycles. The van der Waals surface area contributed by atoms with Gasteiger partial charge < -0.3 is 23.8 Å². The molecule has 6 heteroatoms. The van der Waals surface area contributed by atoms with Crippen molar-refractivity contribution in [3.05, 3.63) is 76.9 Å². The highest BCUT2D eigenvalue weighted by Crippen LogP contribution is 2.38. The van der Waals surface area contributed by atoms with Crippen molar-refractivity contribution in [1.82, 2.24) is 4.90 Å². The van der Waals surface area contributed by atoms with Crippen molar-refractivity contribution < 1.29 is 23.7 Å². The Bertz CT molecular complexity index is 1270. The zero-order chi connectivity index (χ0) is 26.6. The number of carbonyl (C=O) groups excluding carboxylic acids is 1. The first-order chi connectivity index (χ1) is 18.4. The fraction of sp³-hybridized carbons (Fsp3) is 0.406. The van der Waals surface area contributed by atoms with Gasteiger partial charge in [-0.05, 0) is 72.4 Å². The van der Waals surface area contributed by atoms with Crippen molar-refractivity contribution in [3.63, 3.8) is 0 Å². The van der Waals surface area contributed by atoms with Gasteiger partial charge in [0.25, 0.3) is 0 Å². The highest BCUT2D eigenvalue weighted by atomic mass is 16.5. The molecule has 1 fully saturated rings. The lowest BCUT2D eigenvalue weighted by Gasteiger charge is -2.31. The molecule has 200 valence electrons. The molecule has 0 saturated carbocycles. The van der Waals surface area contributed by atoms with Crippen LogP contribution in [0.5, 0.6) is 17.2 Å². The smallest absolute Gasteiger partial charge is 0.409 e. The summed E-state index contributed by atoms with van der Waals surface area (Å²) in [6, 6.07) is 19.0. The quantitative estimate of drug-likeness (QED) is 0.338. The van der Waals surface area contributed by atoms with Gasteiger partial charge in [0.15, 0.2) is 0 Å². The van der Waals surface area contributed by atoms with Crippen molar-refractivity contribution in [3.8, 4) is 28.4 Å². The van der Waals surface area contributed by atoms with Gasteiger partial charge in [0.2, 0.25) is 0 Å². The van der Waals surface area contributed by atoms with Gasteiger partial charge in [-0.25, -0.2) is 4.79 Å². The summed E-state index contributed by atoms with van der Waals surface area (Å²) in [4.78, 5) is 13.5. The van der Waals surface area contributed by atoms with Gasteiger partial charge in [0.05, 0.1) is 13.7 Å². The summed E-state index contributed by atoms with van der Waals surface area (Å²) >= 11 is 0. The molecule has 1 amide bonds. The van der Waals surface area contributed by atoms with Crippen molar-refractivity contribution in [2.45, 2.75) is 58.7 Å². The van der Waals surface area contributed by atoms with Crippen LogP contribution in [0.1, 0.15) is 54.4 Å². The van der Waals surface area contributed by atoms with E-state index in [0.29, 0.717) is 25.6 Å². The maximum Gasteiger partial charge on any atom is 0.409 e. The van der Waals surface area contributed by atoms with E-state index in [1.165, 1.54) is 34.9 Å². The van der Waals surface area contributed by atoms with Crippen LogP contribution in [0.3, 0.4) is 0 Å². The number of hydrogen-bond acceptors (Lipinski definition) is 5. The highest BCUT2D eigenvalue weighted by molar-refractivity contribution is 5.72. The van der Waals surface area contributed by atoms with Crippen LogP contribution in [-0.4, -0.2) is 43.9 Å². The Balaban J connectivity index is 1.24. The van der Waals surface area contributed by atoms with Gasteiger partial charge >= 0.3 is 6.09 Å². The van der Waals surface area contributed by atoms with Crippen molar-refractivity contribution in [2.75, 3.05) is 26.8 Å². The number of likely N-dealkylation sites (tertiary alicyclic amines) is 1. The maximum absolute atomic E-state index is 11.7. The highest BCUT2D eigenvalue weighted by Gasteiger charge is 2.25. The zero-order valence-corrected chi connectivity index (χ0v) is 22.8. The molecule has 3 aromatic rings. The molecular weight excluding hydrogens is 478 g/mol. The van der Waals surface area contributed by atoms with Crippen LogP contribution in [0.4, 0.5) is 4.79 Å². The molecule has 3 aromatic carbocycles. The average Bonchev–Trinajstić information content (AvgIpc) is 3.34. The minimum absolute atomic E-state index is 0.0958. The van der Waals surface area contributed by atoms with Crippen LogP contribution < -0.4 is 14.2 Å². The fourth-order valence-electron chi connectivity index (χ4n) is 5.59. The second-order valence-electron chi connectivity index (χ2n) is 10.3. The van der Waals surface area contributed by atoms with Crippen molar-refractivity contribution in [1.29, 1.82) is 0 Å². The van der Waals surface area contributed by atoms with Crippen LogP contribution in [-0.2, 0) is 11.3 Å². The number of methoxy groups -OCH3 is 1. The maximum atomic E-state index is 11.7. The number of carbonyl (C=O) groups is 1. The lowest BCUT2D eigenvalue weighted by atomic mass is 9.94. The largest absolute Gasteiger partial charge is 0.493 e. The number of nitrogens with zero attached hydrogens (tertiary/aromatic N) is 1. The summed E-state index contributed by atoms with van der Waals surface area (Å²) in [5, 5.41) is 0. The van der Waals surface area contributed by atoms with Gasteiger partial charge in [0.1, 0.15) is 30.0 Å². The number of fused-ring (bicyclic) bond motifs is 1. The molecule has 38 heavy (non-hydrogen) atoms. The number of rotatable bonds is 7. The van der Waals surface area contributed by atoms with Crippen LogP contribution in [0.25, 0.3) is 11.1 Å². The van der Waals surface area contributed by atoms with E-state index in [1.54, 1.807) is 4.90 Å². The summed E-state index contributed by atoms with van der Waals surface area (Å²) in [6.07, 6.45) is 2.51. The van der Waals surface area contributed by atoms with Crippen molar-refractivity contribution >= 4 is 6.09 Å². The van der Waals surface area contributed by atoms with E-state index >= 15 is 0 Å². The fourth-order valence-corrected chi connectivity index (χ4v) is 5.59. The molecule has 0 aliphatic carbocycles. The summed E-state index contributed by atoms with van der Waals surface area (Å²) in [5.74, 6) is 3.14. The molecule has 2 aliphatic heterocycles. The molecule has 2 aliphatic rings. The monoisotopic (exact) mass is 515 g/mol. The lowest BCUT2D eigenvalue weighted by Crippen LogP contribution is -2.41. The van der Waals surface area contributed by atoms with Gasteiger partial charge in [-0.15, -0.1) is 0 Å². The molecule has 0 unspecified atom stereocenters. The van der Waals surface area contributed by atoms with E-state index in [4.69, 9.17) is 18.9 Å². The molecule has 2 heterocycles. The molecule has 1 saturated heterocycles. The second kappa shape index (κ2) is 11.4. The molecule has 1 atom stereocenters. The molecule has 5 rings (SSSR count). The van der Waals surface area contributed by atoms with Crippen LogP contribution in [0, 0.1) is 13.8 Å². The Kier molecular flexibility index (Phi) is 7.77. The zero-order valence-electron chi connectivity index (χ0n) is 22.8. The van der Waals surface area contributed by atoms with Gasteiger partial charge in [-0.1, -0.05) is 31.2 Å². The second-order valence-corrected chi connectivity index (χ2v) is 10.3. The number of ether oxygens (including phenoxy) is 4. The molecule has 0 radical (unpaired) electrons. The van der Waals surface area contributed by atoms with E-state index in [2.05, 4.69) is 63.2 Å². The Hall–Kier alpha value is -3.67. The normalized spacial score (nSPS) is 17.1. The SMILES string of the molecule is CC[C@@H]1COc2cc(OCc3cccc(-c4c(C)cc(OC5CCN(C(=O)OC)CC5)cc4C)c3)ccc21. The number of piperidine rings is 1. The molecule has 6 nitrogen and oxygen atoms in total. The van der Waals surface area contributed by atoms with E-state index in [1.807, 2.05) is 12.1 Å². The summed E-state index contributed by atoms with van der Waals surface area (Å²) < 4.78 is 23.2. The van der Waals surface area contributed by atoms with Crippen LogP contribution in [0.15, 0.2) is 54.6 Å². The van der Waals surface area contributed by atoms with Gasteiger partial charge in [-0.2, -0.15) is 0 Å². The van der Waals surface area contributed by atoms with Gasteiger partial charge in [-0.3, -0.25) is 0 Å². The average molecular weight is 516 g/mol. The molecule has 0 N–H and O–H groups in total. The lowest BCUT2D eigenvalue weighted by molar-refractivity contribution is 0.0791. The third-order valence-corrected chi connectivity index (χ3v) is 7.66. The Morgan fingerprint density at radius 1 is 1.00 bits per heavy atom. The number of aryl methyl sites for hydroxylation is 2. The first-order valence-corrected chi connectivity index (χ1v) is 13.5. The number of hydrogen-bond donors (Lipinski definition) is 0. The van der Waals surface area contributed by atoms with Gasteiger partial charge in [0, 0.05) is 43.5 Å². The topological polar surface area (TPSA) is 57.2 Å². The van der Waals surface area contributed by atoms with E-state index in [-0.39, 0.29) is 12.2 Å². The minimum atomic E-state index is -0.265. The minimum Gasteiger partial charge on any atom is -0.493 e. The molecular formula is C32H37NO5. The number of amides is 1. The predicted molar refractivity (Wildman–Crippen MR) is 148 cm³/mol. The predicted octanol–water partition coefficient (Wildman–Crippen LogP) is 7.05. The first kappa shape index (κ1) is 26.0. The Morgan fingerprint density at radius 3 is 2.47 bits per heavy atom. The van der Waals surface area contributed by atoms with E-state index in [0.717, 1.165) is 48.7 Å². The standard InChI is InChI=1S/C32H37NO5/c1-5-24-20-37-30-18-27(9-10-29(24)30)36-19-23-7-6-8-25(17-23)31-21(2)15-28(16-22(31)3)38-26-11-13-33(14-12-26)32(34)35-4/h6-10,15-18,24,26H,5,11-14,19-20H2,1-4H3/t24-/m1/s1. The Labute approximate surface area is 225 Å². The summed E-state index contributed by atoms with van der Waals surface area (Å²) in [6.45, 7) is 9.02. The van der Waals surface area contributed by atoms with Crippen LogP contribution >= 0.6 is 0 Å². The first-order valence-electron chi connectivity index (χ1n) is 13.5. The summed E-state index contributed by atoms with van der Waals surface area (Å²) in [7, 11) is 1.42. The number of benzene rings is 3. The third-order valence-electron chi connectivity index (χ3n) is 7.66. The summed E-state index contributed by atoms with van der Waals surface area (Å²) in [5.41, 5.74) is 7.13. The molecule has 0 bridgehead atoms. The molecule has 0 spiro atoms.